The summed E-state index contributed by atoms with van der Waals surface area (Å²) in [7, 11) is 0. The molecule has 0 fully saturated rings. The van der Waals surface area contributed by atoms with Gasteiger partial charge in [0.15, 0.2) is 5.41 Å². The number of carbonyl (C=O) groups is 3. The molecule has 0 aliphatic rings. The molecule has 0 amide bonds. The Hall–Kier alpha value is -4.39. The van der Waals surface area contributed by atoms with E-state index in [1.165, 1.54) is 0 Å². The first-order valence-electron chi connectivity index (χ1n) is 14.5. The predicted octanol–water partition coefficient (Wildman–Crippen LogP) is 7.61. The molecule has 1 unspecified atom stereocenters. The van der Waals surface area contributed by atoms with Crippen molar-refractivity contribution in [1.82, 2.24) is 0 Å². The summed E-state index contributed by atoms with van der Waals surface area (Å²) in [5.74, 6) is -3.06. The molecule has 7 nitrogen and oxygen atoms in total. The number of ether oxygens (including phenoxy) is 2. The summed E-state index contributed by atoms with van der Waals surface area (Å²) in [5.41, 5.74) is -3.52. The van der Waals surface area contributed by atoms with Gasteiger partial charge in [0.1, 0.15) is 30.0 Å². The van der Waals surface area contributed by atoms with Crippen molar-refractivity contribution in [1.29, 1.82) is 0 Å². The molecule has 4 rings (SSSR count). The van der Waals surface area contributed by atoms with Gasteiger partial charge in [-0.15, -0.1) is 0 Å². The number of furan rings is 1. The summed E-state index contributed by atoms with van der Waals surface area (Å²) in [6.45, 7) is 8.52. The molecule has 1 aromatic heterocycles. The Labute approximate surface area is 252 Å². The number of aliphatic carboxylic acids is 1. The number of para-hydroxylation sites is 1. The third-order valence-electron chi connectivity index (χ3n) is 8.00. The number of rotatable bonds is 12. The molecular weight excluding hydrogens is 544 g/mol. The molecule has 0 bridgehead atoms. The molecule has 0 aliphatic carbocycles. The maximum absolute atomic E-state index is 14.6. The number of benzene rings is 3. The van der Waals surface area contributed by atoms with Gasteiger partial charge in [-0.1, -0.05) is 113 Å². The summed E-state index contributed by atoms with van der Waals surface area (Å²) in [6.07, 6.45) is -0.154. The van der Waals surface area contributed by atoms with E-state index in [4.69, 9.17) is 13.9 Å². The van der Waals surface area contributed by atoms with Crippen molar-refractivity contribution in [2.75, 3.05) is 0 Å². The van der Waals surface area contributed by atoms with E-state index in [1.807, 2.05) is 80.6 Å². The second kappa shape index (κ2) is 12.9. The van der Waals surface area contributed by atoms with Crippen molar-refractivity contribution in [3.8, 4) is 0 Å². The van der Waals surface area contributed by atoms with Crippen LogP contribution in [0.5, 0.6) is 0 Å². The van der Waals surface area contributed by atoms with E-state index in [2.05, 4.69) is 0 Å². The van der Waals surface area contributed by atoms with Crippen LogP contribution in [0.3, 0.4) is 0 Å². The highest BCUT2D eigenvalue weighted by atomic mass is 16.5. The minimum absolute atomic E-state index is 0.0294. The zero-order valence-corrected chi connectivity index (χ0v) is 25.5. The summed E-state index contributed by atoms with van der Waals surface area (Å²) >= 11 is 0. The highest BCUT2D eigenvalue weighted by molar-refractivity contribution is 6.06. The summed E-state index contributed by atoms with van der Waals surface area (Å²) < 4.78 is 17.9. The molecular formula is C36H40O7. The van der Waals surface area contributed by atoms with E-state index in [0.29, 0.717) is 16.9 Å². The lowest BCUT2D eigenvalue weighted by atomic mass is 9.48. The van der Waals surface area contributed by atoms with E-state index >= 15 is 0 Å². The van der Waals surface area contributed by atoms with Crippen LogP contribution in [0, 0.1) is 22.2 Å². The number of esters is 2. The zero-order valence-electron chi connectivity index (χ0n) is 25.5. The molecule has 1 N–H and O–H groups in total. The Morgan fingerprint density at radius 1 is 0.767 bits per heavy atom. The monoisotopic (exact) mass is 584 g/mol. The second-order valence-electron chi connectivity index (χ2n) is 12.5. The lowest BCUT2D eigenvalue weighted by molar-refractivity contribution is -0.208. The Morgan fingerprint density at radius 2 is 1.28 bits per heavy atom. The molecule has 2 atom stereocenters. The lowest BCUT2D eigenvalue weighted by Crippen LogP contribution is -2.65. The molecule has 43 heavy (non-hydrogen) atoms. The van der Waals surface area contributed by atoms with Gasteiger partial charge in [-0.2, -0.15) is 0 Å². The van der Waals surface area contributed by atoms with Crippen LogP contribution in [-0.2, 0) is 43.5 Å². The quantitative estimate of drug-likeness (QED) is 0.135. The third kappa shape index (κ3) is 6.36. The fourth-order valence-corrected chi connectivity index (χ4v) is 6.31. The average Bonchev–Trinajstić information content (AvgIpc) is 3.37. The van der Waals surface area contributed by atoms with Gasteiger partial charge in [-0.25, -0.2) is 0 Å². The standard InChI is InChI=1S/C36H40O7/c1-25(2)21-35(32(39)41-23-26-14-8-6-9-15-26,22-29-20-28-18-12-13-19-30(28)43-29)36(31(37)38,34(3,4)5)33(40)42-24-27-16-10-7-11-17-27/h6-20,25H,21-24H2,1-5H3,(H,37,38)/t35-,36?/m0/s1. The number of carboxylic acid groups (broad SMARTS) is 1. The Kier molecular flexibility index (Phi) is 9.43. The highest BCUT2D eigenvalue weighted by Gasteiger charge is 2.72. The van der Waals surface area contributed by atoms with Crippen molar-refractivity contribution in [3.63, 3.8) is 0 Å². The van der Waals surface area contributed by atoms with Crippen molar-refractivity contribution >= 4 is 28.9 Å². The minimum Gasteiger partial charge on any atom is -0.480 e. The van der Waals surface area contributed by atoms with Gasteiger partial charge in [0.05, 0.1) is 0 Å². The van der Waals surface area contributed by atoms with Gasteiger partial charge in [-0.05, 0) is 41.0 Å². The molecule has 0 saturated carbocycles. The predicted molar refractivity (Wildman–Crippen MR) is 164 cm³/mol. The van der Waals surface area contributed by atoms with E-state index < -0.39 is 34.2 Å². The van der Waals surface area contributed by atoms with Gasteiger partial charge >= 0.3 is 17.9 Å². The second-order valence-corrected chi connectivity index (χ2v) is 12.5. The zero-order chi connectivity index (χ0) is 31.3. The number of hydrogen-bond acceptors (Lipinski definition) is 6. The van der Waals surface area contributed by atoms with E-state index in [9.17, 15) is 19.5 Å². The summed E-state index contributed by atoms with van der Waals surface area (Å²) in [6, 6.07) is 27.4. The fourth-order valence-electron chi connectivity index (χ4n) is 6.31. The van der Waals surface area contributed by atoms with Crippen LogP contribution in [0.2, 0.25) is 0 Å². The van der Waals surface area contributed by atoms with Gasteiger partial charge < -0.3 is 19.0 Å². The van der Waals surface area contributed by atoms with Crippen LogP contribution in [0.4, 0.5) is 0 Å². The molecule has 0 spiro atoms. The van der Waals surface area contributed by atoms with Crippen molar-refractivity contribution in [2.45, 2.75) is 60.7 Å². The number of carboxylic acids is 1. The normalized spacial score (nSPS) is 14.6. The lowest BCUT2D eigenvalue weighted by Gasteiger charge is -2.51. The molecule has 0 aliphatic heterocycles. The van der Waals surface area contributed by atoms with Crippen molar-refractivity contribution in [3.05, 3.63) is 108 Å². The first-order valence-corrected chi connectivity index (χ1v) is 14.5. The van der Waals surface area contributed by atoms with Crippen LogP contribution >= 0.6 is 0 Å². The largest absolute Gasteiger partial charge is 0.480 e. The van der Waals surface area contributed by atoms with Crippen molar-refractivity contribution < 1.29 is 33.4 Å². The Morgan fingerprint density at radius 3 is 1.77 bits per heavy atom. The van der Waals surface area contributed by atoms with E-state index in [0.717, 1.165) is 10.9 Å². The molecule has 3 aromatic carbocycles. The molecule has 226 valence electrons. The van der Waals surface area contributed by atoms with Crippen LogP contribution in [0.15, 0.2) is 95.4 Å². The number of hydrogen-bond donors (Lipinski definition) is 1. The van der Waals surface area contributed by atoms with Gasteiger partial charge in [0, 0.05) is 11.8 Å². The first kappa shape index (κ1) is 31.5. The van der Waals surface area contributed by atoms with Crippen LogP contribution in [0.1, 0.15) is 57.9 Å². The van der Waals surface area contributed by atoms with Crippen LogP contribution in [0.25, 0.3) is 11.0 Å². The molecule has 0 radical (unpaired) electrons. The minimum atomic E-state index is -2.36. The summed E-state index contributed by atoms with van der Waals surface area (Å²) in [5, 5.41) is 12.0. The van der Waals surface area contributed by atoms with Gasteiger partial charge in [-0.3, -0.25) is 14.4 Å². The smallest absolute Gasteiger partial charge is 0.325 e. The van der Waals surface area contributed by atoms with Crippen LogP contribution in [-0.4, -0.2) is 23.0 Å². The van der Waals surface area contributed by atoms with Crippen LogP contribution < -0.4 is 0 Å². The summed E-state index contributed by atoms with van der Waals surface area (Å²) in [4.78, 5) is 42.8. The van der Waals surface area contributed by atoms with Crippen molar-refractivity contribution in [2.24, 2.45) is 22.2 Å². The topological polar surface area (TPSA) is 103 Å². The number of carbonyl (C=O) groups excluding carboxylic acids is 2. The van der Waals surface area contributed by atoms with Gasteiger partial charge in [0.2, 0.25) is 0 Å². The van der Waals surface area contributed by atoms with E-state index in [-0.39, 0.29) is 32.0 Å². The SMILES string of the molecule is CC(C)C[C@](Cc1cc2ccccc2o1)(C(=O)OCc1ccccc1)C(C(=O)O)(C(=O)OCc1ccccc1)C(C)(C)C. The van der Waals surface area contributed by atoms with Gasteiger partial charge in [0.25, 0.3) is 0 Å². The molecule has 7 heteroatoms. The van der Waals surface area contributed by atoms with E-state index in [1.54, 1.807) is 45.0 Å². The Bertz CT molecular complexity index is 1520. The number of fused-ring (bicyclic) bond motifs is 1. The third-order valence-corrected chi connectivity index (χ3v) is 8.00. The maximum Gasteiger partial charge on any atom is 0.325 e. The molecule has 1 heterocycles. The fraction of sp³-hybridized carbons (Fsp3) is 0.361. The maximum atomic E-state index is 14.6. The first-order chi connectivity index (χ1) is 20.4. The molecule has 0 saturated heterocycles. The average molecular weight is 585 g/mol. The Balaban J connectivity index is 1.92. The highest BCUT2D eigenvalue weighted by Crippen LogP contribution is 2.58. The molecule has 4 aromatic rings.